The molecule has 2 nitrogen and oxygen atoms in total. The summed E-state index contributed by atoms with van der Waals surface area (Å²) < 4.78 is 4.87. The Bertz CT molecular complexity index is 195. The van der Waals surface area contributed by atoms with Crippen LogP contribution in [0.5, 0.6) is 5.75 Å². The lowest BCUT2D eigenvalue weighted by atomic mass is 10.3. The fraction of sp³-hybridized carbons (Fsp3) is 0.429. The number of rotatable bonds is 3. The molecule has 0 fully saturated rings. The van der Waals surface area contributed by atoms with Gasteiger partial charge in [-0.3, -0.25) is 0 Å². The van der Waals surface area contributed by atoms with Gasteiger partial charge in [0, 0.05) is 18.4 Å². The van der Waals surface area contributed by atoms with Crippen molar-refractivity contribution in [3.05, 3.63) is 16.3 Å². The Kier molecular flexibility index (Phi) is 2.71. The van der Waals surface area contributed by atoms with Crippen LogP contribution >= 0.6 is 11.3 Å². The third kappa shape index (κ3) is 1.72. The Morgan fingerprint density at radius 1 is 1.70 bits per heavy atom. The lowest BCUT2D eigenvalue weighted by Gasteiger charge is -1.95. The molecule has 0 aromatic carbocycles. The van der Waals surface area contributed by atoms with Crippen LogP contribution in [-0.2, 0) is 11.2 Å². The van der Waals surface area contributed by atoms with Gasteiger partial charge in [0.05, 0.1) is 6.61 Å². The first-order valence-corrected chi connectivity index (χ1v) is 3.97. The minimum Gasteiger partial charge on any atom is -0.507 e. The van der Waals surface area contributed by atoms with Gasteiger partial charge in [-0.05, 0) is 11.4 Å². The highest BCUT2D eigenvalue weighted by Gasteiger charge is 1.99. The van der Waals surface area contributed by atoms with Crippen LogP contribution in [-0.4, -0.2) is 18.8 Å². The standard InChI is InChI=1S/C7H10O2S/c1-9-4-2-7-6(8)3-5-10-7/h3,5,8H,2,4H2,1H3. The molecule has 1 rings (SSSR count). The molecule has 0 unspecified atom stereocenters. The number of ether oxygens (including phenoxy) is 1. The molecule has 1 aromatic rings. The molecule has 3 heteroatoms. The Hall–Kier alpha value is -0.540. The van der Waals surface area contributed by atoms with Crippen LogP contribution in [0.15, 0.2) is 11.4 Å². The van der Waals surface area contributed by atoms with E-state index in [0.717, 1.165) is 11.3 Å². The number of hydrogen-bond acceptors (Lipinski definition) is 3. The van der Waals surface area contributed by atoms with Crippen molar-refractivity contribution in [2.45, 2.75) is 6.42 Å². The predicted molar refractivity (Wildman–Crippen MR) is 41.6 cm³/mol. The Morgan fingerprint density at radius 3 is 3.00 bits per heavy atom. The van der Waals surface area contributed by atoms with Crippen LogP contribution in [0.2, 0.25) is 0 Å². The highest BCUT2D eigenvalue weighted by molar-refractivity contribution is 7.10. The van der Waals surface area contributed by atoms with Crippen molar-refractivity contribution in [1.29, 1.82) is 0 Å². The molecule has 0 radical (unpaired) electrons. The van der Waals surface area contributed by atoms with Gasteiger partial charge in [0.2, 0.25) is 0 Å². The number of thiophene rings is 1. The molecular weight excluding hydrogens is 148 g/mol. The normalized spacial score (nSPS) is 10.1. The quantitative estimate of drug-likeness (QED) is 0.724. The van der Waals surface area contributed by atoms with E-state index in [1.165, 1.54) is 0 Å². The SMILES string of the molecule is COCCc1sccc1O. The Balaban J connectivity index is 2.49. The van der Waals surface area contributed by atoms with Gasteiger partial charge in [-0.2, -0.15) is 0 Å². The van der Waals surface area contributed by atoms with Crippen LogP contribution in [0.3, 0.4) is 0 Å². The van der Waals surface area contributed by atoms with Crippen molar-refractivity contribution < 1.29 is 9.84 Å². The molecule has 0 atom stereocenters. The van der Waals surface area contributed by atoms with Crippen LogP contribution in [0.4, 0.5) is 0 Å². The van der Waals surface area contributed by atoms with Crippen molar-refractivity contribution in [3.8, 4) is 5.75 Å². The van der Waals surface area contributed by atoms with E-state index in [-0.39, 0.29) is 0 Å². The molecule has 1 N–H and O–H groups in total. The van der Waals surface area contributed by atoms with E-state index < -0.39 is 0 Å². The molecule has 0 spiro atoms. The number of aromatic hydroxyl groups is 1. The zero-order valence-corrected chi connectivity index (χ0v) is 6.65. The van der Waals surface area contributed by atoms with Gasteiger partial charge >= 0.3 is 0 Å². The zero-order chi connectivity index (χ0) is 7.40. The van der Waals surface area contributed by atoms with E-state index in [0.29, 0.717) is 12.4 Å². The summed E-state index contributed by atoms with van der Waals surface area (Å²) >= 11 is 1.56. The molecular formula is C7H10O2S. The molecule has 0 saturated heterocycles. The van der Waals surface area contributed by atoms with E-state index in [9.17, 15) is 0 Å². The molecule has 0 amide bonds. The number of methoxy groups -OCH3 is 1. The van der Waals surface area contributed by atoms with Crippen molar-refractivity contribution in [2.75, 3.05) is 13.7 Å². The van der Waals surface area contributed by atoms with Crippen molar-refractivity contribution in [1.82, 2.24) is 0 Å². The predicted octanol–water partition coefficient (Wildman–Crippen LogP) is 1.64. The fourth-order valence-electron chi connectivity index (χ4n) is 0.716. The lowest BCUT2D eigenvalue weighted by Crippen LogP contribution is -1.91. The first kappa shape index (κ1) is 7.57. The summed E-state index contributed by atoms with van der Waals surface area (Å²) in [5.74, 6) is 0.391. The van der Waals surface area contributed by atoms with Gasteiger partial charge in [0.25, 0.3) is 0 Å². The van der Waals surface area contributed by atoms with Crippen molar-refractivity contribution >= 4 is 11.3 Å². The second kappa shape index (κ2) is 3.58. The smallest absolute Gasteiger partial charge is 0.129 e. The summed E-state index contributed by atoms with van der Waals surface area (Å²) in [6, 6.07) is 1.70. The van der Waals surface area contributed by atoms with Crippen LogP contribution in [0.1, 0.15) is 4.88 Å². The summed E-state index contributed by atoms with van der Waals surface area (Å²) in [6.45, 7) is 0.675. The summed E-state index contributed by atoms with van der Waals surface area (Å²) in [5, 5.41) is 11.0. The lowest BCUT2D eigenvalue weighted by molar-refractivity contribution is 0.202. The first-order chi connectivity index (χ1) is 4.84. The minimum atomic E-state index is 0.391. The van der Waals surface area contributed by atoms with E-state index in [4.69, 9.17) is 9.84 Å². The van der Waals surface area contributed by atoms with Crippen LogP contribution in [0, 0.1) is 0 Å². The molecule has 1 heterocycles. The number of hydrogen-bond donors (Lipinski definition) is 1. The van der Waals surface area contributed by atoms with Gasteiger partial charge < -0.3 is 9.84 Å². The molecule has 0 saturated carbocycles. The third-order valence-corrected chi connectivity index (χ3v) is 2.23. The van der Waals surface area contributed by atoms with Gasteiger partial charge in [-0.15, -0.1) is 11.3 Å². The summed E-state index contributed by atoms with van der Waals surface area (Å²) in [6.07, 6.45) is 0.806. The molecule has 0 bridgehead atoms. The van der Waals surface area contributed by atoms with E-state index in [2.05, 4.69) is 0 Å². The molecule has 56 valence electrons. The second-order valence-corrected chi connectivity index (χ2v) is 2.97. The Labute approximate surface area is 64.1 Å². The van der Waals surface area contributed by atoms with E-state index >= 15 is 0 Å². The van der Waals surface area contributed by atoms with Gasteiger partial charge in [0.15, 0.2) is 0 Å². The topological polar surface area (TPSA) is 29.5 Å². The van der Waals surface area contributed by atoms with E-state index in [1.807, 2.05) is 5.38 Å². The van der Waals surface area contributed by atoms with E-state index in [1.54, 1.807) is 24.5 Å². The van der Waals surface area contributed by atoms with Crippen molar-refractivity contribution in [2.24, 2.45) is 0 Å². The minimum absolute atomic E-state index is 0.391. The first-order valence-electron chi connectivity index (χ1n) is 3.09. The second-order valence-electron chi connectivity index (χ2n) is 1.97. The van der Waals surface area contributed by atoms with Gasteiger partial charge in [-0.25, -0.2) is 0 Å². The monoisotopic (exact) mass is 158 g/mol. The maximum Gasteiger partial charge on any atom is 0.129 e. The largest absolute Gasteiger partial charge is 0.507 e. The maximum absolute atomic E-state index is 9.13. The highest BCUT2D eigenvalue weighted by Crippen LogP contribution is 2.23. The highest BCUT2D eigenvalue weighted by atomic mass is 32.1. The summed E-state index contributed by atoms with van der Waals surface area (Å²) in [5.41, 5.74) is 0. The van der Waals surface area contributed by atoms with Crippen LogP contribution < -0.4 is 0 Å². The maximum atomic E-state index is 9.13. The summed E-state index contributed by atoms with van der Waals surface area (Å²) in [4.78, 5) is 1.00. The van der Waals surface area contributed by atoms with Crippen molar-refractivity contribution in [3.63, 3.8) is 0 Å². The van der Waals surface area contributed by atoms with Gasteiger partial charge in [-0.1, -0.05) is 0 Å². The molecule has 0 aliphatic carbocycles. The zero-order valence-electron chi connectivity index (χ0n) is 5.83. The molecule has 0 aliphatic heterocycles. The average molecular weight is 158 g/mol. The third-order valence-electron chi connectivity index (χ3n) is 1.26. The average Bonchev–Trinajstić information content (AvgIpc) is 2.31. The molecule has 0 aliphatic rings. The molecule has 10 heavy (non-hydrogen) atoms. The fourth-order valence-corrected chi connectivity index (χ4v) is 1.47. The summed E-state index contributed by atoms with van der Waals surface area (Å²) in [7, 11) is 1.66. The Morgan fingerprint density at radius 2 is 2.50 bits per heavy atom. The molecule has 1 aromatic heterocycles. The van der Waals surface area contributed by atoms with Crippen LogP contribution in [0.25, 0.3) is 0 Å². The van der Waals surface area contributed by atoms with Gasteiger partial charge in [0.1, 0.15) is 5.75 Å².